The number of carbonyl (C=O) groups is 2. The van der Waals surface area contributed by atoms with Crippen molar-refractivity contribution in [2.24, 2.45) is 0 Å². The van der Waals surface area contributed by atoms with Gasteiger partial charge in [0.25, 0.3) is 0 Å². The van der Waals surface area contributed by atoms with Crippen molar-refractivity contribution < 1.29 is 24.2 Å². The molecule has 2 unspecified atom stereocenters. The molecule has 2 atom stereocenters. The number of esters is 1. The van der Waals surface area contributed by atoms with E-state index in [1.165, 1.54) is 0 Å². The van der Waals surface area contributed by atoms with Crippen molar-refractivity contribution in [1.82, 2.24) is 10.2 Å². The number of amides is 1. The number of rotatable bonds is 9. The number of benzene rings is 3. The van der Waals surface area contributed by atoms with E-state index in [1.807, 2.05) is 36.4 Å². The molecule has 0 aliphatic carbocycles. The molecule has 3 aromatic carbocycles. The first-order valence-electron chi connectivity index (χ1n) is 12.9. The van der Waals surface area contributed by atoms with Crippen LogP contribution in [0.2, 0.25) is 5.02 Å². The van der Waals surface area contributed by atoms with Gasteiger partial charge in [-0.1, -0.05) is 54.1 Å². The van der Waals surface area contributed by atoms with Crippen LogP contribution in [0.15, 0.2) is 72.8 Å². The fraction of sp³-hybridized carbons (Fsp3) is 0.333. The molecule has 1 aliphatic heterocycles. The van der Waals surface area contributed by atoms with E-state index in [0.29, 0.717) is 47.8 Å². The molecule has 0 aromatic heterocycles. The van der Waals surface area contributed by atoms with E-state index in [4.69, 9.17) is 21.1 Å². The lowest BCUT2D eigenvalue weighted by Crippen LogP contribution is -2.49. The van der Waals surface area contributed by atoms with Crippen LogP contribution in [0.4, 0.5) is 4.79 Å². The van der Waals surface area contributed by atoms with Gasteiger partial charge in [0.1, 0.15) is 5.75 Å². The van der Waals surface area contributed by atoms with Gasteiger partial charge in [0.05, 0.1) is 18.8 Å². The van der Waals surface area contributed by atoms with Crippen LogP contribution in [0.25, 0.3) is 11.1 Å². The summed E-state index contributed by atoms with van der Waals surface area (Å²) in [5.74, 6) is 0.0226. The molecule has 38 heavy (non-hydrogen) atoms. The van der Waals surface area contributed by atoms with Crippen LogP contribution in [-0.4, -0.2) is 54.9 Å². The van der Waals surface area contributed by atoms with E-state index in [2.05, 4.69) is 5.32 Å². The number of ether oxygens (including phenoxy) is 2. The topological polar surface area (TPSA) is 88.1 Å². The second-order valence-electron chi connectivity index (χ2n) is 9.31. The number of nitrogens with zero attached hydrogens (tertiary/aromatic N) is 1. The highest BCUT2D eigenvalue weighted by atomic mass is 35.5. The summed E-state index contributed by atoms with van der Waals surface area (Å²) in [6, 6.07) is 21.4. The molecule has 7 nitrogen and oxygen atoms in total. The molecule has 0 bridgehead atoms. The molecule has 200 valence electrons. The number of hydrogen-bond acceptors (Lipinski definition) is 6. The van der Waals surface area contributed by atoms with Crippen molar-refractivity contribution in [1.29, 1.82) is 0 Å². The third-order valence-electron chi connectivity index (χ3n) is 6.78. The summed E-state index contributed by atoms with van der Waals surface area (Å²) in [6.07, 6.45) is 1.18. The lowest BCUT2D eigenvalue weighted by molar-refractivity contribution is 0.0477. The Morgan fingerprint density at radius 2 is 1.89 bits per heavy atom. The zero-order chi connectivity index (χ0) is 26.9. The molecule has 1 saturated heterocycles. The SMILES string of the molecule is COc1cccc(-c2c(Cl)cccc2C(O)CCCN(C(=O)OC(=O)c2ccccc2)C2CCCNC2)c1. The molecule has 1 fully saturated rings. The number of halogens is 1. The summed E-state index contributed by atoms with van der Waals surface area (Å²) in [5, 5.41) is 15.0. The van der Waals surface area contributed by atoms with Gasteiger partial charge in [-0.15, -0.1) is 0 Å². The number of methoxy groups -OCH3 is 1. The van der Waals surface area contributed by atoms with Gasteiger partial charge in [0, 0.05) is 29.7 Å². The van der Waals surface area contributed by atoms with Gasteiger partial charge in [-0.2, -0.15) is 0 Å². The lowest BCUT2D eigenvalue weighted by Gasteiger charge is -2.34. The molecule has 0 saturated carbocycles. The summed E-state index contributed by atoms with van der Waals surface area (Å²) >= 11 is 6.57. The van der Waals surface area contributed by atoms with Gasteiger partial charge in [-0.05, 0) is 73.7 Å². The highest BCUT2D eigenvalue weighted by Gasteiger charge is 2.28. The normalized spacial score (nSPS) is 15.9. The molecule has 0 radical (unpaired) electrons. The highest BCUT2D eigenvalue weighted by molar-refractivity contribution is 6.33. The zero-order valence-electron chi connectivity index (χ0n) is 21.4. The quantitative estimate of drug-likeness (QED) is 0.263. The number of carbonyl (C=O) groups excluding carboxylic acids is 2. The van der Waals surface area contributed by atoms with Gasteiger partial charge in [-0.25, -0.2) is 9.59 Å². The maximum absolute atomic E-state index is 13.1. The summed E-state index contributed by atoms with van der Waals surface area (Å²) < 4.78 is 10.6. The maximum Gasteiger partial charge on any atom is 0.418 e. The van der Waals surface area contributed by atoms with Crippen LogP contribution in [0.3, 0.4) is 0 Å². The van der Waals surface area contributed by atoms with Gasteiger partial charge in [0.2, 0.25) is 0 Å². The summed E-state index contributed by atoms with van der Waals surface area (Å²) in [5.41, 5.74) is 2.63. The molecular weight excluding hydrogens is 504 g/mol. The number of piperidine rings is 1. The highest BCUT2D eigenvalue weighted by Crippen LogP contribution is 2.37. The van der Waals surface area contributed by atoms with Gasteiger partial charge in [-0.3, -0.25) is 0 Å². The van der Waals surface area contributed by atoms with Crippen LogP contribution in [0.1, 0.15) is 47.7 Å². The van der Waals surface area contributed by atoms with E-state index >= 15 is 0 Å². The third-order valence-corrected chi connectivity index (χ3v) is 7.09. The average molecular weight is 537 g/mol. The lowest BCUT2D eigenvalue weighted by atomic mass is 9.94. The summed E-state index contributed by atoms with van der Waals surface area (Å²) in [4.78, 5) is 27.2. The van der Waals surface area contributed by atoms with Crippen molar-refractivity contribution in [2.75, 3.05) is 26.7 Å². The number of aliphatic hydroxyl groups excluding tert-OH is 1. The summed E-state index contributed by atoms with van der Waals surface area (Å²) in [7, 11) is 1.60. The first-order valence-corrected chi connectivity index (χ1v) is 13.2. The van der Waals surface area contributed by atoms with Crippen molar-refractivity contribution in [3.8, 4) is 16.9 Å². The van der Waals surface area contributed by atoms with E-state index < -0.39 is 18.2 Å². The summed E-state index contributed by atoms with van der Waals surface area (Å²) in [6.45, 7) is 1.87. The smallest absolute Gasteiger partial charge is 0.418 e. The van der Waals surface area contributed by atoms with Crippen LogP contribution < -0.4 is 10.1 Å². The second-order valence-corrected chi connectivity index (χ2v) is 9.72. The standard InChI is InChI=1S/C30H33ClN2O5/c1-37-24-13-5-11-22(19-24)28-25(14-6-15-26(28)31)27(34)16-8-18-33(23-12-7-17-32-20-23)30(36)38-29(35)21-9-3-2-4-10-21/h2-6,9-11,13-15,19,23,27,32,34H,7-8,12,16-18,20H2,1H3. The van der Waals surface area contributed by atoms with Gasteiger partial charge >= 0.3 is 12.1 Å². The van der Waals surface area contributed by atoms with E-state index in [1.54, 1.807) is 48.4 Å². The Morgan fingerprint density at radius 3 is 2.63 bits per heavy atom. The molecule has 8 heteroatoms. The largest absolute Gasteiger partial charge is 0.497 e. The van der Waals surface area contributed by atoms with Crippen LogP contribution >= 0.6 is 11.6 Å². The maximum atomic E-state index is 13.1. The average Bonchev–Trinajstić information content (AvgIpc) is 2.96. The van der Waals surface area contributed by atoms with E-state index in [-0.39, 0.29) is 6.04 Å². The van der Waals surface area contributed by atoms with Gasteiger partial charge in [0.15, 0.2) is 0 Å². The molecule has 1 aliphatic rings. The van der Waals surface area contributed by atoms with E-state index in [9.17, 15) is 14.7 Å². The molecule has 1 heterocycles. The zero-order valence-corrected chi connectivity index (χ0v) is 22.2. The Bertz CT molecular complexity index is 1230. The van der Waals surface area contributed by atoms with Crippen LogP contribution in [0.5, 0.6) is 5.75 Å². The Morgan fingerprint density at radius 1 is 1.11 bits per heavy atom. The first kappa shape index (κ1) is 27.6. The minimum Gasteiger partial charge on any atom is -0.497 e. The first-order chi connectivity index (χ1) is 18.5. The number of aliphatic hydroxyl groups is 1. The molecular formula is C30H33ClN2O5. The predicted octanol–water partition coefficient (Wildman–Crippen LogP) is 5.86. The Balaban J connectivity index is 1.45. The molecule has 4 rings (SSSR count). The molecule has 3 aromatic rings. The van der Waals surface area contributed by atoms with E-state index in [0.717, 1.165) is 30.5 Å². The van der Waals surface area contributed by atoms with Crippen LogP contribution in [0, 0.1) is 0 Å². The Labute approximate surface area is 228 Å². The van der Waals surface area contributed by atoms with Crippen molar-refractivity contribution in [2.45, 2.75) is 37.8 Å². The predicted molar refractivity (Wildman–Crippen MR) is 147 cm³/mol. The fourth-order valence-electron chi connectivity index (χ4n) is 4.81. The second kappa shape index (κ2) is 13.4. The Kier molecular flexibility index (Phi) is 9.76. The molecule has 1 amide bonds. The number of hydrogen-bond donors (Lipinski definition) is 2. The van der Waals surface area contributed by atoms with Gasteiger partial charge < -0.3 is 24.8 Å². The Hall–Kier alpha value is -3.39. The van der Waals surface area contributed by atoms with Crippen LogP contribution in [-0.2, 0) is 4.74 Å². The minimum absolute atomic E-state index is 0.0875. The minimum atomic E-state index is -0.803. The molecule has 2 N–H and O–H groups in total. The monoisotopic (exact) mass is 536 g/mol. The number of nitrogens with one attached hydrogen (secondary N) is 1. The fourth-order valence-corrected chi connectivity index (χ4v) is 5.10. The molecule has 0 spiro atoms. The van der Waals surface area contributed by atoms with Crippen molar-refractivity contribution in [3.63, 3.8) is 0 Å². The third kappa shape index (κ3) is 6.92. The van der Waals surface area contributed by atoms with Crippen molar-refractivity contribution >= 4 is 23.7 Å². The van der Waals surface area contributed by atoms with Crippen molar-refractivity contribution in [3.05, 3.63) is 88.9 Å².